The minimum atomic E-state index is 0.947. The molecule has 0 fully saturated rings. The van der Waals surface area contributed by atoms with E-state index in [0.29, 0.717) is 0 Å². The Hall–Kier alpha value is -1.82. The first-order valence-electron chi connectivity index (χ1n) is 6.80. The van der Waals surface area contributed by atoms with Crippen molar-refractivity contribution in [1.82, 2.24) is 0 Å². The molecule has 0 N–H and O–H groups in total. The number of benzene rings is 2. The fraction of sp³-hybridized carbons (Fsp3) is 0.263. The lowest BCUT2D eigenvalue weighted by molar-refractivity contribution is 1.15. The summed E-state index contributed by atoms with van der Waals surface area (Å²) in [6.07, 6.45) is 0.947. The molecule has 0 aromatic heterocycles. The Morgan fingerprint density at radius 1 is 0.895 bits per heavy atom. The monoisotopic (exact) mass is 250 g/mol. The molecule has 0 radical (unpaired) electrons. The summed E-state index contributed by atoms with van der Waals surface area (Å²) in [5.41, 5.74) is 9.39. The zero-order chi connectivity index (χ0) is 14.0. The van der Waals surface area contributed by atoms with Crippen molar-refractivity contribution in [3.8, 4) is 11.1 Å². The van der Waals surface area contributed by atoms with Gasteiger partial charge in [0.05, 0.1) is 0 Å². The van der Waals surface area contributed by atoms with Gasteiger partial charge in [0.25, 0.3) is 0 Å². The van der Waals surface area contributed by atoms with E-state index >= 15 is 0 Å². The van der Waals surface area contributed by atoms with Crippen molar-refractivity contribution in [3.63, 3.8) is 0 Å². The van der Waals surface area contributed by atoms with Gasteiger partial charge in [-0.1, -0.05) is 48.6 Å². The summed E-state index contributed by atoms with van der Waals surface area (Å²) in [7, 11) is 0. The summed E-state index contributed by atoms with van der Waals surface area (Å²) in [5.74, 6) is 0. The van der Waals surface area contributed by atoms with Crippen LogP contribution in [0.2, 0.25) is 0 Å². The van der Waals surface area contributed by atoms with E-state index in [1.807, 2.05) is 0 Å². The average Bonchev–Trinajstić information content (AvgIpc) is 2.37. The van der Waals surface area contributed by atoms with E-state index in [9.17, 15) is 0 Å². The molecule has 0 aliphatic heterocycles. The fourth-order valence-electron chi connectivity index (χ4n) is 2.51. The third-order valence-electron chi connectivity index (χ3n) is 3.86. The molecule has 0 aliphatic rings. The van der Waals surface area contributed by atoms with Gasteiger partial charge in [-0.3, -0.25) is 0 Å². The first kappa shape index (κ1) is 13.6. The van der Waals surface area contributed by atoms with E-state index in [0.717, 1.165) is 6.42 Å². The largest absolute Gasteiger partial charge is 0.0998 e. The van der Waals surface area contributed by atoms with Gasteiger partial charge in [0.2, 0.25) is 0 Å². The zero-order valence-electron chi connectivity index (χ0n) is 12.4. The van der Waals surface area contributed by atoms with Crippen molar-refractivity contribution < 1.29 is 0 Å². The zero-order valence-corrected chi connectivity index (χ0v) is 12.4. The molecule has 19 heavy (non-hydrogen) atoms. The van der Waals surface area contributed by atoms with Gasteiger partial charge in [-0.15, -0.1) is 0 Å². The van der Waals surface area contributed by atoms with Crippen LogP contribution in [0.5, 0.6) is 0 Å². The van der Waals surface area contributed by atoms with E-state index in [4.69, 9.17) is 0 Å². The number of hydrogen-bond acceptors (Lipinski definition) is 0. The van der Waals surface area contributed by atoms with Crippen molar-refractivity contribution in [2.45, 2.75) is 34.1 Å². The minimum Gasteiger partial charge on any atom is -0.0998 e. The molecular weight excluding hydrogens is 228 g/mol. The molecule has 0 spiro atoms. The maximum atomic E-state index is 4.04. The Labute approximate surface area is 116 Å². The molecule has 2 aromatic carbocycles. The Balaban J connectivity index is 2.59. The number of allylic oxidation sites excluding steroid dienone is 1. The molecular formula is C19H22. The first-order valence-corrected chi connectivity index (χ1v) is 6.80. The van der Waals surface area contributed by atoms with Crippen LogP contribution in [0, 0.1) is 20.8 Å². The molecule has 2 rings (SSSR count). The standard InChI is InChI=1S/C19H22/c1-13(2)12-17-8-6-7-9-19(17)18-11-10-14(3)15(4)16(18)5/h6-11H,1,12H2,2-5H3. The van der Waals surface area contributed by atoms with E-state index in [1.165, 1.54) is 39.0 Å². The lowest BCUT2D eigenvalue weighted by Gasteiger charge is -2.15. The summed E-state index contributed by atoms with van der Waals surface area (Å²) in [4.78, 5) is 0. The summed E-state index contributed by atoms with van der Waals surface area (Å²) in [6.45, 7) is 12.7. The molecule has 2 aromatic rings. The summed E-state index contributed by atoms with van der Waals surface area (Å²) < 4.78 is 0. The highest BCUT2D eigenvalue weighted by Crippen LogP contribution is 2.30. The maximum Gasteiger partial charge on any atom is -0.00664 e. The third kappa shape index (κ3) is 2.78. The topological polar surface area (TPSA) is 0 Å². The Morgan fingerprint density at radius 2 is 1.58 bits per heavy atom. The van der Waals surface area contributed by atoms with Gasteiger partial charge in [0, 0.05) is 0 Å². The van der Waals surface area contributed by atoms with Gasteiger partial charge in [-0.05, 0) is 67.5 Å². The molecule has 0 aliphatic carbocycles. The van der Waals surface area contributed by atoms with Gasteiger partial charge in [-0.2, -0.15) is 0 Å². The summed E-state index contributed by atoms with van der Waals surface area (Å²) >= 11 is 0. The molecule has 0 atom stereocenters. The van der Waals surface area contributed by atoms with Crippen molar-refractivity contribution in [3.05, 3.63) is 70.8 Å². The van der Waals surface area contributed by atoms with Crippen LogP contribution in [0.3, 0.4) is 0 Å². The maximum absolute atomic E-state index is 4.04. The summed E-state index contributed by atoms with van der Waals surface area (Å²) in [5, 5.41) is 0. The normalized spacial score (nSPS) is 10.5. The van der Waals surface area contributed by atoms with Crippen LogP contribution in [-0.4, -0.2) is 0 Å². The van der Waals surface area contributed by atoms with Crippen molar-refractivity contribution in [2.24, 2.45) is 0 Å². The van der Waals surface area contributed by atoms with E-state index in [-0.39, 0.29) is 0 Å². The second-order valence-electron chi connectivity index (χ2n) is 5.47. The SMILES string of the molecule is C=C(C)Cc1ccccc1-c1ccc(C)c(C)c1C. The van der Waals surface area contributed by atoms with Crippen LogP contribution in [0.15, 0.2) is 48.6 Å². The molecule has 0 saturated carbocycles. The number of aryl methyl sites for hydroxylation is 1. The molecule has 0 heteroatoms. The van der Waals surface area contributed by atoms with Crippen LogP contribution in [0.1, 0.15) is 29.2 Å². The van der Waals surface area contributed by atoms with Crippen molar-refractivity contribution in [1.29, 1.82) is 0 Å². The van der Waals surface area contributed by atoms with Crippen molar-refractivity contribution in [2.75, 3.05) is 0 Å². The quantitative estimate of drug-likeness (QED) is 0.640. The second kappa shape index (κ2) is 5.44. The van der Waals surface area contributed by atoms with Gasteiger partial charge in [0.1, 0.15) is 0 Å². The highest BCUT2D eigenvalue weighted by Gasteiger charge is 2.09. The predicted molar refractivity (Wildman–Crippen MR) is 84.6 cm³/mol. The fourth-order valence-corrected chi connectivity index (χ4v) is 2.51. The smallest absolute Gasteiger partial charge is 0.00664 e. The molecule has 0 unspecified atom stereocenters. The van der Waals surface area contributed by atoms with Crippen molar-refractivity contribution >= 4 is 0 Å². The van der Waals surface area contributed by atoms with Crippen LogP contribution in [0.25, 0.3) is 11.1 Å². The van der Waals surface area contributed by atoms with Gasteiger partial charge < -0.3 is 0 Å². The van der Waals surface area contributed by atoms with Gasteiger partial charge >= 0.3 is 0 Å². The number of hydrogen-bond donors (Lipinski definition) is 0. The lowest BCUT2D eigenvalue weighted by atomic mass is 9.90. The Morgan fingerprint density at radius 3 is 2.26 bits per heavy atom. The Bertz CT molecular complexity index is 618. The van der Waals surface area contributed by atoms with Gasteiger partial charge in [0.15, 0.2) is 0 Å². The lowest BCUT2D eigenvalue weighted by Crippen LogP contribution is -1.95. The van der Waals surface area contributed by atoms with E-state index in [2.05, 4.69) is 70.7 Å². The Kier molecular flexibility index (Phi) is 3.90. The second-order valence-corrected chi connectivity index (χ2v) is 5.47. The highest BCUT2D eigenvalue weighted by atomic mass is 14.1. The highest BCUT2D eigenvalue weighted by molar-refractivity contribution is 5.72. The third-order valence-corrected chi connectivity index (χ3v) is 3.86. The van der Waals surface area contributed by atoms with Crippen LogP contribution in [-0.2, 0) is 6.42 Å². The molecule has 0 amide bonds. The van der Waals surface area contributed by atoms with E-state index < -0.39 is 0 Å². The molecule has 0 nitrogen and oxygen atoms in total. The van der Waals surface area contributed by atoms with Crippen LogP contribution >= 0.6 is 0 Å². The summed E-state index contributed by atoms with van der Waals surface area (Å²) in [6, 6.07) is 13.1. The van der Waals surface area contributed by atoms with Crippen LogP contribution < -0.4 is 0 Å². The molecule has 0 bridgehead atoms. The molecule has 98 valence electrons. The average molecular weight is 250 g/mol. The number of rotatable bonds is 3. The van der Waals surface area contributed by atoms with Gasteiger partial charge in [-0.25, -0.2) is 0 Å². The first-order chi connectivity index (χ1) is 9.00. The minimum absolute atomic E-state index is 0.947. The van der Waals surface area contributed by atoms with Crippen LogP contribution in [0.4, 0.5) is 0 Å². The van der Waals surface area contributed by atoms with E-state index in [1.54, 1.807) is 0 Å². The molecule has 0 heterocycles. The predicted octanol–water partition coefficient (Wildman–Crippen LogP) is 5.40. The molecule has 0 saturated heterocycles.